The summed E-state index contributed by atoms with van der Waals surface area (Å²) < 4.78 is 37.9. The van der Waals surface area contributed by atoms with E-state index in [1.165, 1.54) is 0 Å². The third-order valence-corrected chi connectivity index (χ3v) is 2.36. The molecule has 0 aliphatic heterocycles. The molecule has 1 atom stereocenters. The lowest BCUT2D eigenvalue weighted by Gasteiger charge is -2.17. The Morgan fingerprint density at radius 1 is 1.26 bits per heavy atom. The van der Waals surface area contributed by atoms with Gasteiger partial charge in [-0.15, -0.1) is 0 Å². The number of alkyl halides is 3. The first-order valence-corrected chi connectivity index (χ1v) is 5.91. The number of nitrogens with two attached hydrogens (primary N) is 1. The fraction of sp³-hybridized carbons (Fsp3) is 0.636. The topological polar surface area (TPSA) is 75.9 Å². The highest BCUT2D eigenvalue weighted by Crippen LogP contribution is 2.29. The van der Waals surface area contributed by atoms with E-state index >= 15 is 0 Å². The summed E-state index contributed by atoms with van der Waals surface area (Å²) in [5, 5.41) is 2.91. The van der Waals surface area contributed by atoms with Crippen LogP contribution in [0.15, 0.2) is 6.07 Å². The van der Waals surface area contributed by atoms with Crippen LogP contribution in [0.25, 0.3) is 0 Å². The predicted molar refractivity (Wildman–Crippen MR) is 67.4 cm³/mol. The van der Waals surface area contributed by atoms with Crippen LogP contribution in [0, 0.1) is 5.92 Å². The molecular weight excluding hydrogens is 259 g/mol. The first-order valence-electron chi connectivity index (χ1n) is 5.91. The minimum atomic E-state index is -4.54. The molecule has 0 spiro atoms. The Kier molecular flexibility index (Phi) is 4.93. The average Bonchev–Trinajstić information content (AvgIpc) is 2.25. The van der Waals surface area contributed by atoms with E-state index in [0.717, 1.165) is 12.5 Å². The van der Waals surface area contributed by atoms with Gasteiger partial charge in [0.15, 0.2) is 5.69 Å². The molecule has 0 bridgehead atoms. The maximum atomic E-state index is 12.6. The summed E-state index contributed by atoms with van der Waals surface area (Å²) in [7, 11) is 0. The third kappa shape index (κ3) is 4.90. The van der Waals surface area contributed by atoms with Crippen molar-refractivity contribution in [1.82, 2.24) is 9.97 Å². The number of nitrogens with one attached hydrogen (secondary N) is 2. The van der Waals surface area contributed by atoms with Crippen molar-refractivity contribution in [2.45, 2.75) is 39.4 Å². The van der Waals surface area contributed by atoms with E-state index in [4.69, 9.17) is 5.84 Å². The standard InChI is InChI=1S/C11H18F3N5/c1-6(2)4-7(3)16-9-5-8(11(12,13)14)17-10(18-9)19-15/h5-7H,4,15H2,1-3H3,(H2,16,17,18,19). The Morgan fingerprint density at radius 3 is 2.37 bits per heavy atom. The third-order valence-electron chi connectivity index (χ3n) is 2.36. The lowest BCUT2D eigenvalue weighted by Crippen LogP contribution is -2.21. The number of nitrogens with zero attached hydrogens (tertiary/aromatic N) is 2. The van der Waals surface area contributed by atoms with Crippen LogP contribution in [0.1, 0.15) is 32.9 Å². The van der Waals surface area contributed by atoms with E-state index in [1.807, 2.05) is 26.2 Å². The van der Waals surface area contributed by atoms with Crippen molar-refractivity contribution in [2.75, 3.05) is 10.7 Å². The molecule has 1 aromatic heterocycles. The minimum Gasteiger partial charge on any atom is -0.367 e. The van der Waals surface area contributed by atoms with Crippen molar-refractivity contribution >= 4 is 11.8 Å². The van der Waals surface area contributed by atoms with Crippen molar-refractivity contribution in [2.24, 2.45) is 11.8 Å². The number of hydrazine groups is 1. The number of anilines is 2. The summed E-state index contributed by atoms with van der Waals surface area (Å²) in [5.74, 6) is 5.33. The van der Waals surface area contributed by atoms with Gasteiger partial charge in [-0.25, -0.2) is 10.8 Å². The average molecular weight is 277 g/mol. The Balaban J connectivity index is 2.94. The Hall–Kier alpha value is -1.57. The molecular formula is C11H18F3N5. The van der Waals surface area contributed by atoms with Crippen LogP contribution < -0.4 is 16.6 Å². The number of rotatable bonds is 5. The fourth-order valence-electron chi connectivity index (χ4n) is 1.75. The highest BCUT2D eigenvalue weighted by molar-refractivity contribution is 5.43. The number of halogens is 3. The first-order chi connectivity index (χ1) is 8.72. The molecule has 1 heterocycles. The summed E-state index contributed by atoms with van der Waals surface area (Å²) >= 11 is 0. The molecule has 0 aliphatic rings. The van der Waals surface area contributed by atoms with Gasteiger partial charge in [0.2, 0.25) is 5.95 Å². The molecule has 1 unspecified atom stereocenters. The SMILES string of the molecule is CC(C)CC(C)Nc1cc(C(F)(F)F)nc(NN)n1. The predicted octanol–water partition coefficient (Wildman–Crippen LogP) is 2.63. The zero-order chi connectivity index (χ0) is 14.6. The van der Waals surface area contributed by atoms with Crippen LogP contribution in [-0.2, 0) is 6.18 Å². The molecule has 0 saturated carbocycles. The number of hydrogen-bond acceptors (Lipinski definition) is 5. The van der Waals surface area contributed by atoms with Crippen LogP contribution in [-0.4, -0.2) is 16.0 Å². The van der Waals surface area contributed by atoms with Gasteiger partial charge < -0.3 is 5.32 Å². The van der Waals surface area contributed by atoms with Crippen molar-refractivity contribution in [3.8, 4) is 0 Å². The Bertz CT molecular complexity index is 419. The molecule has 108 valence electrons. The van der Waals surface area contributed by atoms with Crippen LogP contribution in [0.4, 0.5) is 24.9 Å². The fourth-order valence-corrected chi connectivity index (χ4v) is 1.75. The van der Waals surface area contributed by atoms with Gasteiger partial charge in [-0.05, 0) is 19.3 Å². The second-order valence-electron chi connectivity index (χ2n) is 4.78. The zero-order valence-corrected chi connectivity index (χ0v) is 11.0. The normalized spacial score (nSPS) is 13.5. The molecule has 19 heavy (non-hydrogen) atoms. The Labute approximate surface area is 109 Å². The van der Waals surface area contributed by atoms with Gasteiger partial charge in [-0.1, -0.05) is 13.8 Å². The largest absolute Gasteiger partial charge is 0.433 e. The molecule has 8 heteroatoms. The molecule has 1 rings (SSSR count). The lowest BCUT2D eigenvalue weighted by atomic mass is 10.1. The highest BCUT2D eigenvalue weighted by Gasteiger charge is 2.33. The van der Waals surface area contributed by atoms with E-state index in [0.29, 0.717) is 5.92 Å². The summed E-state index contributed by atoms with van der Waals surface area (Å²) in [5.41, 5.74) is 0.999. The first kappa shape index (κ1) is 15.5. The second-order valence-corrected chi connectivity index (χ2v) is 4.78. The monoisotopic (exact) mass is 277 g/mol. The zero-order valence-electron chi connectivity index (χ0n) is 11.0. The molecule has 0 amide bonds. The van der Waals surface area contributed by atoms with E-state index in [-0.39, 0.29) is 17.8 Å². The Morgan fingerprint density at radius 2 is 1.89 bits per heavy atom. The molecule has 0 aromatic carbocycles. The number of hydrogen-bond donors (Lipinski definition) is 3. The van der Waals surface area contributed by atoms with Gasteiger partial charge in [0.1, 0.15) is 5.82 Å². The maximum absolute atomic E-state index is 12.6. The van der Waals surface area contributed by atoms with E-state index in [1.54, 1.807) is 0 Å². The summed E-state index contributed by atoms with van der Waals surface area (Å²) in [4.78, 5) is 7.13. The summed E-state index contributed by atoms with van der Waals surface area (Å²) in [6.45, 7) is 5.95. The van der Waals surface area contributed by atoms with Gasteiger partial charge in [-0.3, -0.25) is 5.43 Å². The van der Waals surface area contributed by atoms with Gasteiger partial charge in [-0.2, -0.15) is 18.2 Å². The van der Waals surface area contributed by atoms with Crippen LogP contribution >= 0.6 is 0 Å². The molecule has 0 radical (unpaired) electrons. The van der Waals surface area contributed by atoms with Gasteiger partial charge in [0.05, 0.1) is 0 Å². The molecule has 0 aliphatic carbocycles. The molecule has 0 saturated heterocycles. The van der Waals surface area contributed by atoms with E-state index in [9.17, 15) is 13.2 Å². The van der Waals surface area contributed by atoms with E-state index < -0.39 is 11.9 Å². The van der Waals surface area contributed by atoms with Gasteiger partial charge >= 0.3 is 6.18 Å². The molecule has 1 aromatic rings. The van der Waals surface area contributed by atoms with Crippen LogP contribution in [0.3, 0.4) is 0 Å². The summed E-state index contributed by atoms with van der Waals surface area (Å²) in [6.07, 6.45) is -3.72. The van der Waals surface area contributed by atoms with Gasteiger partial charge in [0, 0.05) is 12.1 Å². The minimum absolute atomic E-state index is 0.00149. The maximum Gasteiger partial charge on any atom is 0.433 e. The quantitative estimate of drug-likeness (QED) is 0.570. The molecule has 4 N–H and O–H groups in total. The van der Waals surface area contributed by atoms with Crippen molar-refractivity contribution in [3.63, 3.8) is 0 Å². The summed E-state index contributed by atoms with van der Waals surface area (Å²) in [6, 6.07) is 0.874. The highest BCUT2D eigenvalue weighted by atomic mass is 19.4. The molecule has 0 fully saturated rings. The van der Waals surface area contributed by atoms with Gasteiger partial charge in [0.25, 0.3) is 0 Å². The second kappa shape index (κ2) is 6.05. The van der Waals surface area contributed by atoms with Crippen LogP contribution in [0.2, 0.25) is 0 Å². The van der Waals surface area contributed by atoms with Crippen molar-refractivity contribution in [3.05, 3.63) is 11.8 Å². The van der Waals surface area contributed by atoms with Crippen molar-refractivity contribution in [1.29, 1.82) is 0 Å². The number of nitrogen functional groups attached to an aromatic ring is 1. The lowest BCUT2D eigenvalue weighted by molar-refractivity contribution is -0.141. The van der Waals surface area contributed by atoms with Crippen molar-refractivity contribution < 1.29 is 13.2 Å². The van der Waals surface area contributed by atoms with E-state index in [2.05, 4.69) is 15.3 Å². The van der Waals surface area contributed by atoms with Crippen LogP contribution in [0.5, 0.6) is 0 Å². The molecule has 5 nitrogen and oxygen atoms in total. The smallest absolute Gasteiger partial charge is 0.367 e. The number of aromatic nitrogens is 2.